The number of hydrogen-bond donors (Lipinski definition) is 3. The van der Waals surface area contributed by atoms with Crippen molar-refractivity contribution in [3.63, 3.8) is 0 Å². The summed E-state index contributed by atoms with van der Waals surface area (Å²) in [4.78, 5) is 34.5. The van der Waals surface area contributed by atoms with Crippen molar-refractivity contribution in [2.45, 2.75) is 13.8 Å². The van der Waals surface area contributed by atoms with Crippen LogP contribution in [0.15, 0.2) is 47.6 Å². The number of para-hydroxylation sites is 2. The fraction of sp³-hybridized carbons (Fsp3) is 0.158. The van der Waals surface area contributed by atoms with E-state index in [2.05, 4.69) is 15.8 Å². The number of hydrogen-bond acceptors (Lipinski definition) is 5. The molecule has 0 aromatic heterocycles. The minimum atomic E-state index is -1.11. The van der Waals surface area contributed by atoms with Gasteiger partial charge in [0.2, 0.25) is 0 Å². The summed E-state index contributed by atoms with van der Waals surface area (Å²) in [5, 5.41) is 15.0. The Labute approximate surface area is 155 Å². The van der Waals surface area contributed by atoms with Gasteiger partial charge in [-0.15, -0.1) is 0 Å². The lowest BCUT2D eigenvalue weighted by atomic mass is 10.1. The molecule has 2 rings (SSSR count). The molecule has 0 fully saturated rings. The zero-order chi connectivity index (χ0) is 19.8. The van der Waals surface area contributed by atoms with Crippen molar-refractivity contribution in [2.75, 3.05) is 11.9 Å². The van der Waals surface area contributed by atoms with Crippen molar-refractivity contribution in [1.82, 2.24) is 5.43 Å². The Bertz CT molecular complexity index is 872. The van der Waals surface area contributed by atoms with Crippen LogP contribution >= 0.6 is 0 Å². The first-order valence-corrected chi connectivity index (χ1v) is 8.02. The summed E-state index contributed by atoms with van der Waals surface area (Å²) >= 11 is 0. The quantitative estimate of drug-likeness (QED) is 0.408. The summed E-state index contributed by atoms with van der Waals surface area (Å²) in [7, 11) is 0. The number of nitrogens with zero attached hydrogens (tertiary/aromatic N) is 1. The number of aliphatic carboxylic acids is 1. The van der Waals surface area contributed by atoms with Crippen molar-refractivity contribution in [1.29, 1.82) is 0 Å². The second kappa shape index (κ2) is 9.14. The highest BCUT2D eigenvalue weighted by Crippen LogP contribution is 2.19. The van der Waals surface area contributed by atoms with E-state index in [4.69, 9.17) is 9.84 Å². The molecule has 140 valence electrons. The number of benzene rings is 2. The molecule has 3 N–H and O–H groups in total. The number of nitrogens with one attached hydrogen (secondary N) is 2. The van der Waals surface area contributed by atoms with Gasteiger partial charge in [-0.25, -0.2) is 10.2 Å². The summed E-state index contributed by atoms with van der Waals surface area (Å²) in [5.41, 5.74) is 4.83. The summed E-state index contributed by atoms with van der Waals surface area (Å²) < 4.78 is 5.13. The smallest absolute Gasteiger partial charge is 0.341 e. The van der Waals surface area contributed by atoms with Crippen molar-refractivity contribution < 1.29 is 24.2 Å². The average Bonchev–Trinajstić information content (AvgIpc) is 2.63. The molecule has 8 nitrogen and oxygen atoms in total. The molecule has 0 saturated carbocycles. The lowest BCUT2D eigenvalue weighted by molar-refractivity contribution is -0.139. The number of carboxylic acid groups (broad SMARTS) is 1. The van der Waals surface area contributed by atoms with Gasteiger partial charge in [0.05, 0.1) is 6.21 Å². The molecule has 2 aromatic rings. The fourth-order valence-electron chi connectivity index (χ4n) is 2.25. The monoisotopic (exact) mass is 369 g/mol. The van der Waals surface area contributed by atoms with Crippen molar-refractivity contribution in [3.8, 4) is 5.75 Å². The summed E-state index contributed by atoms with van der Waals surface area (Å²) in [6.45, 7) is 3.15. The zero-order valence-corrected chi connectivity index (χ0v) is 14.9. The molecule has 27 heavy (non-hydrogen) atoms. The molecule has 0 aliphatic heterocycles. The van der Waals surface area contributed by atoms with Crippen LogP contribution in [0.3, 0.4) is 0 Å². The first kappa shape index (κ1) is 19.6. The highest BCUT2D eigenvalue weighted by atomic mass is 16.5. The van der Waals surface area contributed by atoms with E-state index in [1.807, 2.05) is 32.0 Å². The lowest BCUT2D eigenvalue weighted by Crippen LogP contribution is -2.32. The number of hydrazone groups is 1. The van der Waals surface area contributed by atoms with E-state index in [0.29, 0.717) is 11.3 Å². The number of carbonyl (C=O) groups excluding carboxylic acids is 2. The maximum atomic E-state index is 12.0. The Morgan fingerprint density at radius 3 is 2.37 bits per heavy atom. The maximum Gasteiger partial charge on any atom is 0.341 e. The molecule has 8 heteroatoms. The van der Waals surface area contributed by atoms with Gasteiger partial charge >= 0.3 is 17.8 Å². The number of carboxylic acids is 1. The normalized spacial score (nSPS) is 10.4. The van der Waals surface area contributed by atoms with E-state index in [-0.39, 0.29) is 5.75 Å². The Morgan fingerprint density at radius 2 is 1.70 bits per heavy atom. The Kier molecular flexibility index (Phi) is 6.65. The molecule has 0 bridgehead atoms. The largest absolute Gasteiger partial charge is 0.481 e. The van der Waals surface area contributed by atoms with Crippen LogP contribution in [0.5, 0.6) is 5.75 Å². The molecule has 0 unspecified atom stereocenters. The van der Waals surface area contributed by atoms with E-state index in [9.17, 15) is 14.4 Å². The Balaban J connectivity index is 1.99. The molecule has 0 spiro atoms. The minimum absolute atomic E-state index is 0.290. The van der Waals surface area contributed by atoms with E-state index in [1.165, 1.54) is 6.21 Å². The molecule has 0 aliphatic rings. The summed E-state index contributed by atoms with van der Waals surface area (Å²) in [6.07, 6.45) is 1.27. The van der Waals surface area contributed by atoms with Crippen LogP contribution in [0.25, 0.3) is 0 Å². The van der Waals surface area contributed by atoms with E-state index in [0.717, 1.165) is 11.1 Å². The van der Waals surface area contributed by atoms with Gasteiger partial charge in [0.15, 0.2) is 6.61 Å². The fourth-order valence-corrected chi connectivity index (χ4v) is 2.25. The third kappa shape index (κ3) is 5.67. The summed E-state index contributed by atoms with van der Waals surface area (Å²) in [6, 6.07) is 12.1. The molecule has 0 aliphatic carbocycles. The average molecular weight is 369 g/mol. The first-order valence-electron chi connectivity index (χ1n) is 8.02. The summed E-state index contributed by atoms with van der Waals surface area (Å²) in [5.74, 6) is -2.60. The van der Waals surface area contributed by atoms with E-state index >= 15 is 0 Å². The molecule has 2 aromatic carbocycles. The molecule has 0 heterocycles. The molecule has 0 saturated heterocycles. The highest BCUT2D eigenvalue weighted by Gasteiger charge is 2.15. The van der Waals surface area contributed by atoms with E-state index < -0.39 is 24.4 Å². The third-order valence-electron chi connectivity index (χ3n) is 3.57. The highest BCUT2D eigenvalue weighted by molar-refractivity contribution is 6.39. The molecular formula is C19H19N3O5. The van der Waals surface area contributed by atoms with Crippen LogP contribution < -0.4 is 15.5 Å². The van der Waals surface area contributed by atoms with Crippen LogP contribution in [-0.4, -0.2) is 35.7 Å². The van der Waals surface area contributed by atoms with Crippen LogP contribution in [0.2, 0.25) is 0 Å². The maximum absolute atomic E-state index is 12.0. The van der Waals surface area contributed by atoms with Crippen molar-refractivity contribution >= 4 is 29.7 Å². The lowest BCUT2D eigenvalue weighted by Gasteiger charge is -2.10. The van der Waals surface area contributed by atoms with Gasteiger partial charge in [0.25, 0.3) is 0 Å². The SMILES string of the molecule is Cc1cccc(C)c1NC(=O)C(=O)N/N=C\c1ccccc1OCC(=O)O. The Hall–Kier alpha value is -3.68. The van der Waals surface area contributed by atoms with Gasteiger partial charge in [0.1, 0.15) is 5.75 Å². The van der Waals surface area contributed by atoms with Crippen molar-refractivity contribution in [3.05, 3.63) is 59.2 Å². The van der Waals surface area contributed by atoms with Crippen LogP contribution in [-0.2, 0) is 14.4 Å². The third-order valence-corrected chi connectivity index (χ3v) is 3.57. The zero-order valence-electron chi connectivity index (χ0n) is 14.9. The number of aryl methyl sites for hydroxylation is 2. The van der Waals surface area contributed by atoms with Gasteiger partial charge in [0, 0.05) is 11.3 Å². The van der Waals surface area contributed by atoms with Crippen LogP contribution in [0.1, 0.15) is 16.7 Å². The Morgan fingerprint density at radius 1 is 1.04 bits per heavy atom. The first-order chi connectivity index (χ1) is 12.9. The number of anilines is 1. The minimum Gasteiger partial charge on any atom is -0.481 e. The second-order valence-electron chi connectivity index (χ2n) is 5.64. The van der Waals surface area contributed by atoms with Crippen molar-refractivity contribution in [2.24, 2.45) is 5.10 Å². The molecule has 2 amide bonds. The predicted molar refractivity (Wildman–Crippen MR) is 99.9 cm³/mol. The van der Waals surface area contributed by atoms with Gasteiger partial charge in [-0.2, -0.15) is 5.10 Å². The number of amides is 2. The predicted octanol–water partition coefficient (Wildman–Crippen LogP) is 1.86. The van der Waals surface area contributed by atoms with Gasteiger partial charge in [-0.1, -0.05) is 30.3 Å². The molecular weight excluding hydrogens is 350 g/mol. The number of carbonyl (C=O) groups is 3. The van der Waals surface area contributed by atoms with Gasteiger partial charge < -0.3 is 15.2 Å². The van der Waals surface area contributed by atoms with Gasteiger partial charge in [-0.3, -0.25) is 9.59 Å². The number of ether oxygens (including phenoxy) is 1. The van der Waals surface area contributed by atoms with Crippen LogP contribution in [0, 0.1) is 13.8 Å². The molecule has 0 radical (unpaired) electrons. The topological polar surface area (TPSA) is 117 Å². The number of rotatable bonds is 6. The second-order valence-corrected chi connectivity index (χ2v) is 5.64. The van der Waals surface area contributed by atoms with E-state index in [1.54, 1.807) is 24.3 Å². The standard InChI is InChI=1S/C19H19N3O5/c1-12-6-5-7-13(2)17(12)21-18(25)19(26)22-20-10-14-8-3-4-9-15(14)27-11-16(23)24/h3-10H,11H2,1-2H3,(H,21,25)(H,22,26)(H,23,24)/b20-10-. The van der Waals surface area contributed by atoms with Crippen LogP contribution in [0.4, 0.5) is 5.69 Å². The molecule has 0 atom stereocenters. The van der Waals surface area contributed by atoms with Gasteiger partial charge in [-0.05, 0) is 37.1 Å².